The van der Waals surface area contributed by atoms with Gasteiger partial charge in [0.15, 0.2) is 11.7 Å². The molecule has 7 heteroatoms. The van der Waals surface area contributed by atoms with Crippen LogP contribution in [0.5, 0.6) is 0 Å². The van der Waals surface area contributed by atoms with Crippen molar-refractivity contribution in [1.82, 2.24) is 0 Å². The number of aliphatic carboxylic acids is 1. The molecule has 0 amide bonds. The van der Waals surface area contributed by atoms with Crippen molar-refractivity contribution in [2.45, 2.75) is 6.04 Å². The molecule has 0 fully saturated rings. The molecular formula is C8H5N3O4. The Morgan fingerprint density at radius 1 is 1.53 bits per heavy atom. The number of fused-ring (bicyclic) bond motifs is 1. The van der Waals surface area contributed by atoms with Gasteiger partial charge >= 0.3 is 5.97 Å². The summed E-state index contributed by atoms with van der Waals surface area (Å²) in [5.41, 5.74) is 0.0756. The number of carbonyl (C=O) groups is 1. The number of azo groups is 1. The van der Waals surface area contributed by atoms with E-state index in [2.05, 4.69) is 10.2 Å². The number of nitro benzene ring substituents is 1. The SMILES string of the molecule is O=C(O)C1N=Nc2c1cccc2[N+](=O)[O-]. The zero-order valence-electron chi connectivity index (χ0n) is 7.32. The zero-order valence-corrected chi connectivity index (χ0v) is 7.32. The molecule has 1 heterocycles. The van der Waals surface area contributed by atoms with Gasteiger partial charge in [0.05, 0.1) is 4.92 Å². The third kappa shape index (κ3) is 1.33. The average molecular weight is 207 g/mol. The summed E-state index contributed by atoms with van der Waals surface area (Å²) in [5, 5.41) is 26.4. The van der Waals surface area contributed by atoms with Gasteiger partial charge in [0.2, 0.25) is 0 Å². The molecule has 0 bridgehead atoms. The first-order valence-electron chi connectivity index (χ1n) is 4.02. The molecule has 76 valence electrons. The van der Waals surface area contributed by atoms with E-state index >= 15 is 0 Å². The lowest BCUT2D eigenvalue weighted by Crippen LogP contribution is -2.06. The molecule has 1 aromatic rings. The Hall–Kier alpha value is -2.31. The maximum atomic E-state index is 10.7. The Morgan fingerprint density at radius 3 is 2.87 bits per heavy atom. The topological polar surface area (TPSA) is 105 Å². The lowest BCUT2D eigenvalue weighted by molar-refractivity contribution is -0.384. The smallest absolute Gasteiger partial charge is 0.335 e. The second-order valence-electron chi connectivity index (χ2n) is 2.93. The largest absolute Gasteiger partial charge is 0.479 e. The number of benzene rings is 1. The van der Waals surface area contributed by atoms with Crippen molar-refractivity contribution < 1.29 is 14.8 Å². The molecule has 2 rings (SSSR count). The summed E-state index contributed by atoms with van der Waals surface area (Å²) < 4.78 is 0. The van der Waals surface area contributed by atoms with E-state index in [9.17, 15) is 14.9 Å². The third-order valence-corrected chi connectivity index (χ3v) is 2.04. The first-order chi connectivity index (χ1) is 7.11. The van der Waals surface area contributed by atoms with E-state index in [-0.39, 0.29) is 16.9 Å². The fraction of sp³-hybridized carbons (Fsp3) is 0.125. The summed E-state index contributed by atoms with van der Waals surface area (Å²) in [7, 11) is 0. The molecule has 1 aliphatic rings. The van der Waals surface area contributed by atoms with E-state index in [4.69, 9.17) is 5.11 Å². The molecular weight excluding hydrogens is 202 g/mol. The summed E-state index contributed by atoms with van der Waals surface area (Å²) in [6.07, 6.45) is 0. The van der Waals surface area contributed by atoms with Crippen LogP contribution in [0.2, 0.25) is 0 Å². The molecule has 1 aromatic carbocycles. The molecule has 7 nitrogen and oxygen atoms in total. The number of carboxylic acid groups (broad SMARTS) is 1. The van der Waals surface area contributed by atoms with Crippen LogP contribution in [0.3, 0.4) is 0 Å². The highest BCUT2D eigenvalue weighted by Crippen LogP contribution is 2.41. The normalized spacial score (nSPS) is 17.5. The van der Waals surface area contributed by atoms with Crippen molar-refractivity contribution in [3.05, 3.63) is 33.9 Å². The van der Waals surface area contributed by atoms with Crippen LogP contribution >= 0.6 is 0 Å². The number of nitro groups is 1. The van der Waals surface area contributed by atoms with Crippen molar-refractivity contribution >= 4 is 17.3 Å². The van der Waals surface area contributed by atoms with Gasteiger partial charge in [-0.15, -0.1) is 5.11 Å². The fourth-order valence-corrected chi connectivity index (χ4v) is 1.39. The minimum Gasteiger partial charge on any atom is -0.479 e. The number of hydrogen-bond donors (Lipinski definition) is 1. The predicted molar refractivity (Wildman–Crippen MR) is 48.0 cm³/mol. The van der Waals surface area contributed by atoms with Gasteiger partial charge in [-0.05, 0) is 0 Å². The predicted octanol–water partition coefficient (Wildman–Crippen LogP) is 1.82. The lowest BCUT2D eigenvalue weighted by Gasteiger charge is -2.01. The van der Waals surface area contributed by atoms with E-state index in [1.165, 1.54) is 18.2 Å². The van der Waals surface area contributed by atoms with Crippen molar-refractivity contribution in [3.8, 4) is 0 Å². The standard InChI is InChI=1S/C8H5N3O4/c12-8(13)7-4-2-1-3-5(11(14)15)6(4)9-10-7/h1-3,7H,(H,12,13). The van der Waals surface area contributed by atoms with E-state index in [0.717, 1.165) is 0 Å². The Kier molecular flexibility index (Phi) is 1.93. The highest BCUT2D eigenvalue weighted by Gasteiger charge is 2.31. The van der Waals surface area contributed by atoms with Crippen molar-refractivity contribution in [1.29, 1.82) is 0 Å². The van der Waals surface area contributed by atoms with Gasteiger partial charge in [-0.2, -0.15) is 5.11 Å². The van der Waals surface area contributed by atoms with Crippen molar-refractivity contribution in [2.75, 3.05) is 0 Å². The Bertz CT molecular complexity index is 483. The third-order valence-electron chi connectivity index (χ3n) is 2.04. The van der Waals surface area contributed by atoms with E-state index in [0.29, 0.717) is 0 Å². The first-order valence-corrected chi connectivity index (χ1v) is 4.02. The van der Waals surface area contributed by atoms with Crippen LogP contribution in [0, 0.1) is 10.1 Å². The molecule has 0 saturated heterocycles. The van der Waals surface area contributed by atoms with Gasteiger partial charge in [-0.3, -0.25) is 10.1 Å². The minimum absolute atomic E-state index is 0.0369. The van der Waals surface area contributed by atoms with Crippen LogP contribution in [0.1, 0.15) is 11.6 Å². The quantitative estimate of drug-likeness (QED) is 0.589. The maximum Gasteiger partial charge on any atom is 0.335 e. The average Bonchev–Trinajstić information content (AvgIpc) is 2.59. The Labute approximate surface area is 83.2 Å². The van der Waals surface area contributed by atoms with Gasteiger partial charge in [-0.1, -0.05) is 12.1 Å². The molecule has 0 saturated carbocycles. The number of nitrogens with zero attached hydrogens (tertiary/aromatic N) is 3. The molecule has 0 aliphatic carbocycles. The summed E-state index contributed by atoms with van der Waals surface area (Å²) in [6.45, 7) is 0. The Morgan fingerprint density at radius 2 is 2.27 bits per heavy atom. The minimum atomic E-state index is -1.17. The molecule has 0 aromatic heterocycles. The van der Waals surface area contributed by atoms with Gasteiger partial charge in [0.25, 0.3) is 5.69 Å². The Balaban J connectivity index is 2.57. The van der Waals surface area contributed by atoms with Gasteiger partial charge < -0.3 is 5.11 Å². The molecule has 1 N–H and O–H groups in total. The molecule has 15 heavy (non-hydrogen) atoms. The van der Waals surface area contributed by atoms with Gasteiger partial charge in [0.1, 0.15) is 0 Å². The van der Waals surface area contributed by atoms with Gasteiger partial charge in [-0.25, -0.2) is 4.79 Å². The number of hydrogen-bond acceptors (Lipinski definition) is 5. The van der Waals surface area contributed by atoms with Crippen LogP contribution in [0.15, 0.2) is 28.4 Å². The van der Waals surface area contributed by atoms with Crippen molar-refractivity contribution in [2.24, 2.45) is 10.2 Å². The van der Waals surface area contributed by atoms with Crippen LogP contribution in [-0.2, 0) is 4.79 Å². The van der Waals surface area contributed by atoms with Crippen LogP contribution in [-0.4, -0.2) is 16.0 Å². The molecule has 1 atom stereocenters. The molecule has 1 aliphatic heterocycles. The van der Waals surface area contributed by atoms with Gasteiger partial charge in [0, 0.05) is 11.6 Å². The van der Waals surface area contributed by atoms with E-state index in [1.807, 2.05) is 0 Å². The summed E-state index contributed by atoms with van der Waals surface area (Å²) in [5.74, 6) is -1.17. The van der Waals surface area contributed by atoms with Crippen LogP contribution in [0.4, 0.5) is 11.4 Å². The summed E-state index contributed by atoms with van der Waals surface area (Å²) in [4.78, 5) is 20.7. The van der Waals surface area contributed by atoms with Crippen LogP contribution in [0.25, 0.3) is 0 Å². The van der Waals surface area contributed by atoms with E-state index in [1.54, 1.807) is 0 Å². The second kappa shape index (κ2) is 3.12. The second-order valence-corrected chi connectivity index (χ2v) is 2.93. The summed E-state index contributed by atoms with van der Waals surface area (Å²) in [6, 6.07) is 3.03. The van der Waals surface area contributed by atoms with E-state index < -0.39 is 16.9 Å². The van der Waals surface area contributed by atoms with Crippen LogP contribution < -0.4 is 0 Å². The number of carboxylic acids is 1. The lowest BCUT2D eigenvalue weighted by atomic mass is 10.1. The highest BCUT2D eigenvalue weighted by atomic mass is 16.6. The zero-order chi connectivity index (χ0) is 11.0. The molecule has 0 radical (unpaired) electrons. The summed E-state index contributed by atoms with van der Waals surface area (Å²) >= 11 is 0. The number of rotatable bonds is 2. The monoisotopic (exact) mass is 207 g/mol. The molecule has 0 spiro atoms. The maximum absolute atomic E-state index is 10.7. The highest BCUT2D eigenvalue weighted by molar-refractivity contribution is 5.81. The first kappa shape index (κ1) is 9.25. The fourth-order valence-electron chi connectivity index (χ4n) is 1.39. The molecule has 1 unspecified atom stereocenters. The van der Waals surface area contributed by atoms with Crippen molar-refractivity contribution in [3.63, 3.8) is 0 Å².